The zero-order chi connectivity index (χ0) is 13.3. The van der Waals surface area contributed by atoms with Gasteiger partial charge >= 0.3 is 0 Å². The van der Waals surface area contributed by atoms with E-state index in [4.69, 9.17) is 5.73 Å². The summed E-state index contributed by atoms with van der Waals surface area (Å²) in [4.78, 5) is 13.0. The number of nitrogens with two attached hydrogens (primary N) is 1. The van der Waals surface area contributed by atoms with E-state index in [1.54, 1.807) is 6.92 Å². The standard InChI is InChI=1S/C12H10F2N2OS/c1-6-9(15)5-11(18-6)12(17)16-10-4-7(13)2-3-8(10)14/h2-5H,15H2,1H3,(H,16,17). The highest BCUT2D eigenvalue weighted by molar-refractivity contribution is 7.14. The molecule has 0 radical (unpaired) electrons. The number of halogens is 2. The van der Waals surface area contributed by atoms with Crippen molar-refractivity contribution in [2.24, 2.45) is 0 Å². The molecule has 1 aromatic heterocycles. The molecule has 6 heteroatoms. The summed E-state index contributed by atoms with van der Waals surface area (Å²) in [6, 6.07) is 4.38. The van der Waals surface area contributed by atoms with E-state index in [1.165, 1.54) is 17.4 Å². The van der Waals surface area contributed by atoms with Crippen LogP contribution in [0.1, 0.15) is 14.5 Å². The van der Waals surface area contributed by atoms with Gasteiger partial charge in [0.15, 0.2) is 0 Å². The normalized spacial score (nSPS) is 10.4. The summed E-state index contributed by atoms with van der Waals surface area (Å²) in [7, 11) is 0. The number of hydrogen-bond acceptors (Lipinski definition) is 3. The molecule has 3 nitrogen and oxygen atoms in total. The van der Waals surface area contributed by atoms with Crippen LogP contribution in [0.25, 0.3) is 0 Å². The molecule has 0 fully saturated rings. The first kappa shape index (κ1) is 12.5. The Labute approximate surface area is 106 Å². The van der Waals surface area contributed by atoms with E-state index in [0.29, 0.717) is 10.6 Å². The van der Waals surface area contributed by atoms with Gasteiger partial charge in [0.2, 0.25) is 0 Å². The highest BCUT2D eigenvalue weighted by atomic mass is 32.1. The molecule has 0 aliphatic heterocycles. The first-order valence-electron chi connectivity index (χ1n) is 5.09. The molecule has 0 unspecified atom stereocenters. The van der Waals surface area contributed by atoms with Crippen LogP contribution >= 0.6 is 11.3 Å². The molecule has 1 aromatic carbocycles. The Morgan fingerprint density at radius 1 is 1.33 bits per heavy atom. The van der Waals surface area contributed by atoms with Gasteiger partial charge in [-0.2, -0.15) is 0 Å². The fourth-order valence-corrected chi connectivity index (χ4v) is 2.22. The number of carbonyl (C=O) groups excluding carboxylic acids is 1. The maximum atomic E-state index is 13.3. The van der Waals surface area contributed by atoms with Gasteiger partial charge in [0, 0.05) is 16.6 Å². The number of anilines is 2. The second-order valence-corrected chi connectivity index (χ2v) is 4.96. The maximum absolute atomic E-state index is 13.3. The molecule has 1 heterocycles. The van der Waals surface area contributed by atoms with Crippen LogP contribution in [0.3, 0.4) is 0 Å². The minimum absolute atomic E-state index is 0.190. The van der Waals surface area contributed by atoms with Crippen LogP contribution < -0.4 is 11.1 Å². The Kier molecular flexibility index (Phi) is 3.29. The molecule has 2 rings (SSSR count). The number of thiophene rings is 1. The molecule has 18 heavy (non-hydrogen) atoms. The van der Waals surface area contributed by atoms with Crippen molar-refractivity contribution in [1.82, 2.24) is 0 Å². The third-order valence-electron chi connectivity index (χ3n) is 2.36. The minimum Gasteiger partial charge on any atom is -0.398 e. The molecule has 2 aromatic rings. The lowest BCUT2D eigenvalue weighted by molar-refractivity contribution is 0.103. The van der Waals surface area contributed by atoms with Gasteiger partial charge in [0.25, 0.3) is 5.91 Å². The first-order chi connectivity index (χ1) is 8.47. The van der Waals surface area contributed by atoms with Crippen LogP contribution in [0.15, 0.2) is 24.3 Å². The maximum Gasteiger partial charge on any atom is 0.265 e. The van der Waals surface area contributed by atoms with Gasteiger partial charge in [-0.3, -0.25) is 4.79 Å². The van der Waals surface area contributed by atoms with Gasteiger partial charge in [0.1, 0.15) is 11.6 Å². The molecule has 1 amide bonds. The van der Waals surface area contributed by atoms with E-state index < -0.39 is 17.5 Å². The molecule has 0 aliphatic rings. The lowest BCUT2D eigenvalue weighted by atomic mass is 10.3. The average Bonchev–Trinajstić information content (AvgIpc) is 2.64. The molecular formula is C12H10F2N2OS. The van der Waals surface area contributed by atoms with Gasteiger partial charge in [-0.15, -0.1) is 11.3 Å². The first-order valence-corrected chi connectivity index (χ1v) is 5.91. The Hall–Kier alpha value is -1.95. The molecule has 0 saturated carbocycles. The number of carbonyl (C=O) groups is 1. The van der Waals surface area contributed by atoms with Crippen LogP contribution in [0, 0.1) is 18.6 Å². The van der Waals surface area contributed by atoms with Crippen molar-refractivity contribution in [2.75, 3.05) is 11.1 Å². The van der Waals surface area contributed by atoms with E-state index in [1.807, 2.05) is 0 Å². The van der Waals surface area contributed by atoms with Crippen LogP contribution in [0.2, 0.25) is 0 Å². The van der Waals surface area contributed by atoms with Gasteiger partial charge < -0.3 is 11.1 Å². The van der Waals surface area contributed by atoms with E-state index >= 15 is 0 Å². The summed E-state index contributed by atoms with van der Waals surface area (Å²) in [5.41, 5.74) is 5.94. The highest BCUT2D eigenvalue weighted by Gasteiger charge is 2.13. The van der Waals surface area contributed by atoms with E-state index in [2.05, 4.69) is 5.32 Å². The predicted molar refractivity (Wildman–Crippen MR) is 67.8 cm³/mol. The Bertz CT molecular complexity index is 591. The fraction of sp³-hybridized carbons (Fsp3) is 0.0833. The number of rotatable bonds is 2. The summed E-state index contributed by atoms with van der Waals surface area (Å²) in [5, 5.41) is 2.31. The number of aryl methyl sites for hydroxylation is 1. The summed E-state index contributed by atoms with van der Waals surface area (Å²) in [6.45, 7) is 1.78. The molecule has 0 atom stereocenters. The minimum atomic E-state index is -0.689. The van der Waals surface area contributed by atoms with Gasteiger partial charge in [-0.05, 0) is 25.1 Å². The highest BCUT2D eigenvalue weighted by Crippen LogP contribution is 2.25. The molecule has 3 N–H and O–H groups in total. The molecule has 0 bridgehead atoms. The molecule has 0 spiro atoms. The molecule has 0 saturated heterocycles. The van der Waals surface area contributed by atoms with Crippen molar-refractivity contribution < 1.29 is 13.6 Å². The third kappa shape index (κ3) is 2.48. The van der Waals surface area contributed by atoms with Crippen molar-refractivity contribution in [3.8, 4) is 0 Å². The lowest BCUT2D eigenvalue weighted by Crippen LogP contribution is -2.11. The van der Waals surface area contributed by atoms with E-state index in [9.17, 15) is 13.6 Å². The summed E-state index contributed by atoms with van der Waals surface area (Å²) >= 11 is 1.20. The van der Waals surface area contributed by atoms with E-state index in [0.717, 1.165) is 23.1 Å². The zero-order valence-electron chi connectivity index (χ0n) is 9.46. The summed E-state index contributed by atoms with van der Waals surface area (Å²) in [6.07, 6.45) is 0. The van der Waals surface area contributed by atoms with Crippen molar-refractivity contribution in [3.05, 3.63) is 45.7 Å². The Balaban J connectivity index is 2.23. The molecule has 94 valence electrons. The SMILES string of the molecule is Cc1sc(C(=O)Nc2cc(F)ccc2F)cc1N. The van der Waals surface area contributed by atoms with Crippen LogP contribution in [0.5, 0.6) is 0 Å². The van der Waals surface area contributed by atoms with Gasteiger partial charge in [-0.1, -0.05) is 0 Å². The quantitative estimate of drug-likeness (QED) is 0.879. The van der Waals surface area contributed by atoms with Crippen LogP contribution in [-0.2, 0) is 0 Å². The number of amides is 1. The van der Waals surface area contributed by atoms with Gasteiger partial charge in [-0.25, -0.2) is 8.78 Å². The number of benzene rings is 1. The fourth-order valence-electron chi connectivity index (χ4n) is 1.39. The molecular weight excluding hydrogens is 258 g/mol. The van der Waals surface area contributed by atoms with Crippen molar-refractivity contribution in [1.29, 1.82) is 0 Å². The van der Waals surface area contributed by atoms with Crippen molar-refractivity contribution in [2.45, 2.75) is 6.92 Å². The predicted octanol–water partition coefficient (Wildman–Crippen LogP) is 3.17. The molecule has 0 aliphatic carbocycles. The van der Waals surface area contributed by atoms with Crippen molar-refractivity contribution in [3.63, 3.8) is 0 Å². The average molecular weight is 268 g/mol. The number of nitrogens with one attached hydrogen (secondary N) is 1. The second-order valence-electron chi connectivity index (χ2n) is 3.70. The summed E-state index contributed by atoms with van der Waals surface area (Å²) < 4.78 is 26.3. The third-order valence-corrected chi connectivity index (χ3v) is 3.42. The number of hydrogen-bond donors (Lipinski definition) is 2. The zero-order valence-corrected chi connectivity index (χ0v) is 10.3. The monoisotopic (exact) mass is 268 g/mol. The smallest absolute Gasteiger partial charge is 0.265 e. The topological polar surface area (TPSA) is 55.1 Å². The van der Waals surface area contributed by atoms with Crippen LogP contribution in [0.4, 0.5) is 20.2 Å². The largest absolute Gasteiger partial charge is 0.398 e. The van der Waals surface area contributed by atoms with Crippen LogP contribution in [-0.4, -0.2) is 5.91 Å². The Morgan fingerprint density at radius 2 is 2.06 bits per heavy atom. The Morgan fingerprint density at radius 3 is 2.67 bits per heavy atom. The number of nitrogen functional groups attached to an aromatic ring is 1. The second kappa shape index (κ2) is 4.73. The summed E-state index contributed by atoms with van der Waals surface area (Å²) in [5.74, 6) is -1.82. The van der Waals surface area contributed by atoms with Gasteiger partial charge in [0.05, 0.1) is 10.6 Å². The van der Waals surface area contributed by atoms with E-state index in [-0.39, 0.29) is 5.69 Å². The van der Waals surface area contributed by atoms with Crippen molar-refractivity contribution >= 4 is 28.6 Å². The lowest BCUT2D eigenvalue weighted by Gasteiger charge is -2.04.